The Bertz CT molecular complexity index is 1190. The molecule has 0 spiro atoms. The quantitative estimate of drug-likeness (QED) is 0.534. The maximum atomic E-state index is 12.9. The van der Waals surface area contributed by atoms with Crippen molar-refractivity contribution in [2.75, 3.05) is 6.79 Å². The molecule has 5 rings (SSSR count). The summed E-state index contributed by atoms with van der Waals surface area (Å²) in [6.45, 7) is 0.654. The number of pyridine rings is 1. The van der Waals surface area contributed by atoms with Crippen LogP contribution in [0.2, 0.25) is 0 Å². The summed E-state index contributed by atoms with van der Waals surface area (Å²) < 4.78 is 12.9. The van der Waals surface area contributed by atoms with Crippen molar-refractivity contribution in [3.05, 3.63) is 95.9 Å². The predicted molar refractivity (Wildman–Crippen MR) is 113 cm³/mol. The SMILES string of the molecule is O=C(C[C@@H](c1ccccc1)c1ccc2c(c1)OCO2)NCc1cnc2ccccn12. The molecule has 2 aromatic heterocycles. The van der Waals surface area contributed by atoms with E-state index in [0.717, 1.165) is 34.0 Å². The van der Waals surface area contributed by atoms with E-state index in [1.165, 1.54) is 0 Å². The molecule has 2 aromatic carbocycles. The van der Waals surface area contributed by atoms with E-state index in [4.69, 9.17) is 9.47 Å². The molecule has 0 saturated heterocycles. The molecule has 3 heterocycles. The predicted octanol–water partition coefficient (Wildman–Crippen LogP) is 3.90. The van der Waals surface area contributed by atoms with Crippen molar-refractivity contribution in [3.63, 3.8) is 0 Å². The largest absolute Gasteiger partial charge is 0.454 e. The highest BCUT2D eigenvalue weighted by Crippen LogP contribution is 2.37. The Hall–Kier alpha value is -3.80. The van der Waals surface area contributed by atoms with Crippen LogP contribution in [0.1, 0.15) is 29.2 Å². The number of rotatable bonds is 6. The number of hydrogen-bond donors (Lipinski definition) is 1. The van der Waals surface area contributed by atoms with Crippen LogP contribution >= 0.6 is 0 Å². The minimum Gasteiger partial charge on any atom is -0.454 e. The van der Waals surface area contributed by atoms with Gasteiger partial charge >= 0.3 is 0 Å². The number of hydrogen-bond acceptors (Lipinski definition) is 4. The van der Waals surface area contributed by atoms with Crippen LogP contribution in [0.5, 0.6) is 11.5 Å². The van der Waals surface area contributed by atoms with Crippen molar-refractivity contribution < 1.29 is 14.3 Å². The minimum absolute atomic E-state index is 0.0209. The maximum Gasteiger partial charge on any atom is 0.231 e. The van der Waals surface area contributed by atoms with Crippen LogP contribution in [-0.2, 0) is 11.3 Å². The zero-order chi connectivity index (χ0) is 20.3. The monoisotopic (exact) mass is 399 g/mol. The van der Waals surface area contributed by atoms with Gasteiger partial charge in [0.15, 0.2) is 11.5 Å². The lowest BCUT2D eigenvalue weighted by molar-refractivity contribution is -0.121. The molecule has 0 bridgehead atoms. The summed E-state index contributed by atoms with van der Waals surface area (Å²) in [4.78, 5) is 17.2. The third-order valence-corrected chi connectivity index (χ3v) is 5.35. The highest BCUT2D eigenvalue weighted by molar-refractivity contribution is 5.77. The average molecular weight is 399 g/mol. The Morgan fingerprint density at radius 3 is 2.73 bits per heavy atom. The fourth-order valence-electron chi connectivity index (χ4n) is 3.81. The number of amides is 1. The van der Waals surface area contributed by atoms with Crippen LogP contribution < -0.4 is 14.8 Å². The molecule has 0 aliphatic carbocycles. The molecule has 0 radical (unpaired) electrons. The second kappa shape index (κ2) is 7.91. The number of carbonyl (C=O) groups is 1. The molecule has 1 atom stereocenters. The van der Waals surface area contributed by atoms with Crippen molar-refractivity contribution >= 4 is 11.6 Å². The molecule has 1 N–H and O–H groups in total. The molecule has 1 amide bonds. The summed E-state index contributed by atoms with van der Waals surface area (Å²) in [7, 11) is 0. The standard InChI is InChI=1S/C24H21N3O3/c28-24(26-15-19-14-25-23-8-4-5-11-27(19)23)13-20(17-6-2-1-3-7-17)18-9-10-21-22(12-18)30-16-29-21/h1-12,14,20H,13,15-16H2,(H,26,28)/t20-/m0/s1. The summed E-state index contributed by atoms with van der Waals surface area (Å²) in [5.74, 6) is 1.36. The number of ether oxygens (including phenoxy) is 2. The number of benzene rings is 2. The van der Waals surface area contributed by atoms with E-state index in [-0.39, 0.29) is 18.6 Å². The van der Waals surface area contributed by atoms with Crippen LogP contribution in [0, 0.1) is 0 Å². The Morgan fingerprint density at radius 2 is 1.83 bits per heavy atom. The van der Waals surface area contributed by atoms with Gasteiger partial charge in [0.1, 0.15) is 5.65 Å². The van der Waals surface area contributed by atoms with Gasteiger partial charge in [0.05, 0.1) is 18.4 Å². The lowest BCUT2D eigenvalue weighted by Gasteiger charge is -2.18. The summed E-state index contributed by atoms with van der Waals surface area (Å²) in [6, 6.07) is 21.8. The van der Waals surface area contributed by atoms with E-state index in [1.807, 2.05) is 77.3 Å². The summed E-state index contributed by atoms with van der Waals surface area (Å²) in [5.41, 5.74) is 3.92. The molecule has 0 unspecified atom stereocenters. The van der Waals surface area contributed by atoms with Gasteiger partial charge in [-0.15, -0.1) is 0 Å². The van der Waals surface area contributed by atoms with Crippen LogP contribution in [0.25, 0.3) is 5.65 Å². The number of nitrogens with zero attached hydrogens (tertiary/aromatic N) is 2. The van der Waals surface area contributed by atoms with E-state index in [1.54, 1.807) is 6.20 Å². The number of nitrogens with one attached hydrogen (secondary N) is 1. The molecular formula is C24H21N3O3. The zero-order valence-corrected chi connectivity index (χ0v) is 16.3. The number of fused-ring (bicyclic) bond motifs is 2. The molecule has 1 aliphatic heterocycles. The molecule has 0 fully saturated rings. The van der Waals surface area contributed by atoms with Crippen molar-refractivity contribution in [2.24, 2.45) is 0 Å². The molecule has 6 heteroatoms. The smallest absolute Gasteiger partial charge is 0.231 e. The highest BCUT2D eigenvalue weighted by atomic mass is 16.7. The first-order chi connectivity index (χ1) is 14.8. The zero-order valence-electron chi connectivity index (χ0n) is 16.3. The number of carbonyl (C=O) groups excluding carboxylic acids is 1. The van der Waals surface area contributed by atoms with Crippen molar-refractivity contribution in [1.82, 2.24) is 14.7 Å². The fourth-order valence-corrected chi connectivity index (χ4v) is 3.81. The average Bonchev–Trinajstić information content (AvgIpc) is 3.43. The summed E-state index contributed by atoms with van der Waals surface area (Å²) in [5, 5.41) is 3.04. The molecule has 150 valence electrons. The Labute approximate surface area is 174 Å². The first-order valence-electron chi connectivity index (χ1n) is 9.90. The van der Waals surface area contributed by atoms with Crippen molar-refractivity contribution in [3.8, 4) is 11.5 Å². The van der Waals surface area contributed by atoms with Gasteiger partial charge < -0.3 is 19.2 Å². The molecule has 1 aliphatic rings. The second-order valence-corrected chi connectivity index (χ2v) is 7.24. The van der Waals surface area contributed by atoms with Crippen LogP contribution in [0.3, 0.4) is 0 Å². The highest BCUT2D eigenvalue weighted by Gasteiger charge is 2.22. The Kier molecular flexibility index (Phi) is 4.81. The molecule has 0 saturated carbocycles. The molecule has 30 heavy (non-hydrogen) atoms. The van der Waals surface area contributed by atoms with Crippen LogP contribution in [0.4, 0.5) is 0 Å². The van der Waals surface area contributed by atoms with Crippen molar-refractivity contribution in [2.45, 2.75) is 18.9 Å². The van der Waals surface area contributed by atoms with Gasteiger partial charge in [-0.1, -0.05) is 42.5 Å². The van der Waals surface area contributed by atoms with Gasteiger partial charge in [0.2, 0.25) is 12.7 Å². The summed E-state index contributed by atoms with van der Waals surface area (Å²) >= 11 is 0. The Balaban J connectivity index is 1.35. The van der Waals surface area contributed by atoms with Crippen LogP contribution in [0.15, 0.2) is 79.1 Å². The molecular weight excluding hydrogens is 378 g/mol. The van der Waals surface area contributed by atoms with Crippen molar-refractivity contribution in [1.29, 1.82) is 0 Å². The first kappa shape index (κ1) is 18.2. The lowest BCUT2D eigenvalue weighted by atomic mass is 9.88. The topological polar surface area (TPSA) is 64.9 Å². The van der Waals surface area contributed by atoms with Gasteiger partial charge in [0, 0.05) is 18.5 Å². The third-order valence-electron chi connectivity index (χ3n) is 5.35. The normalized spacial score (nSPS) is 13.3. The Morgan fingerprint density at radius 1 is 1.00 bits per heavy atom. The van der Waals surface area contributed by atoms with Crippen LogP contribution in [-0.4, -0.2) is 22.1 Å². The van der Waals surface area contributed by atoms with Gasteiger partial charge in [-0.05, 0) is 35.4 Å². The van der Waals surface area contributed by atoms with Gasteiger partial charge in [-0.2, -0.15) is 0 Å². The van der Waals surface area contributed by atoms with Gasteiger partial charge in [0.25, 0.3) is 0 Å². The minimum atomic E-state index is -0.0807. The third kappa shape index (κ3) is 3.59. The van der Waals surface area contributed by atoms with E-state index in [2.05, 4.69) is 10.3 Å². The van der Waals surface area contributed by atoms with E-state index >= 15 is 0 Å². The van der Waals surface area contributed by atoms with E-state index < -0.39 is 0 Å². The van der Waals surface area contributed by atoms with Gasteiger partial charge in [-0.3, -0.25) is 4.79 Å². The number of imidazole rings is 1. The first-order valence-corrected chi connectivity index (χ1v) is 9.90. The van der Waals surface area contributed by atoms with Gasteiger partial charge in [-0.25, -0.2) is 4.98 Å². The lowest BCUT2D eigenvalue weighted by Crippen LogP contribution is -2.25. The molecule has 4 aromatic rings. The number of aromatic nitrogens is 2. The fraction of sp³-hybridized carbons (Fsp3) is 0.167. The second-order valence-electron chi connectivity index (χ2n) is 7.24. The maximum absolute atomic E-state index is 12.9. The summed E-state index contributed by atoms with van der Waals surface area (Å²) in [6.07, 6.45) is 4.08. The molecule has 6 nitrogen and oxygen atoms in total. The van der Waals surface area contributed by atoms with E-state index in [9.17, 15) is 4.79 Å². The van der Waals surface area contributed by atoms with E-state index in [0.29, 0.717) is 13.0 Å².